The lowest BCUT2D eigenvalue weighted by atomic mass is 10.1. The molecule has 3 aromatic heterocycles. The van der Waals surface area contributed by atoms with Gasteiger partial charge in [-0.2, -0.15) is 4.31 Å². The van der Waals surface area contributed by atoms with Gasteiger partial charge in [0.15, 0.2) is 0 Å². The van der Waals surface area contributed by atoms with Crippen LogP contribution >= 0.6 is 22.9 Å². The highest BCUT2D eigenvalue weighted by Gasteiger charge is 2.36. The Morgan fingerprint density at radius 2 is 1.79 bits per heavy atom. The number of aromatic nitrogens is 2. The summed E-state index contributed by atoms with van der Waals surface area (Å²) >= 11 is 7.67. The summed E-state index contributed by atoms with van der Waals surface area (Å²) < 4.78 is 30.1. The van der Waals surface area contributed by atoms with Crippen molar-refractivity contribution in [3.8, 4) is 21.8 Å². The summed E-state index contributed by atoms with van der Waals surface area (Å²) in [4.78, 5) is 17.1. The molecule has 0 aliphatic carbocycles. The van der Waals surface area contributed by atoms with Crippen molar-refractivity contribution < 1.29 is 18.3 Å². The third-order valence-electron chi connectivity index (χ3n) is 5.56. The van der Waals surface area contributed by atoms with E-state index in [1.807, 2.05) is 47.0 Å². The SMILES string of the molecule is O=C(O)c1c(Cl)c(-c2ccccc2)n2c1CN(S(=O)(=O)c1ccc(-c3ccccn3)s1)CC2. The van der Waals surface area contributed by atoms with Crippen molar-refractivity contribution in [2.45, 2.75) is 17.3 Å². The van der Waals surface area contributed by atoms with Crippen LogP contribution in [0.15, 0.2) is 71.1 Å². The molecule has 0 saturated heterocycles. The van der Waals surface area contributed by atoms with E-state index in [0.717, 1.165) is 21.8 Å². The highest BCUT2D eigenvalue weighted by Crippen LogP contribution is 2.39. The van der Waals surface area contributed by atoms with E-state index >= 15 is 0 Å². The second kappa shape index (κ2) is 8.42. The van der Waals surface area contributed by atoms with Gasteiger partial charge in [0.2, 0.25) is 0 Å². The molecule has 1 aliphatic heterocycles. The fourth-order valence-electron chi connectivity index (χ4n) is 4.04. The average molecular weight is 500 g/mol. The Morgan fingerprint density at radius 1 is 1.03 bits per heavy atom. The molecule has 1 aliphatic rings. The molecule has 0 atom stereocenters. The van der Waals surface area contributed by atoms with E-state index in [-0.39, 0.29) is 27.9 Å². The zero-order chi connectivity index (χ0) is 23.2. The highest BCUT2D eigenvalue weighted by molar-refractivity contribution is 7.91. The number of carboxylic acid groups (broad SMARTS) is 1. The van der Waals surface area contributed by atoms with Crippen LogP contribution in [-0.2, 0) is 23.1 Å². The number of hydrogen-bond donors (Lipinski definition) is 1. The maximum Gasteiger partial charge on any atom is 0.339 e. The van der Waals surface area contributed by atoms with Gasteiger partial charge in [-0.15, -0.1) is 11.3 Å². The third-order valence-corrected chi connectivity index (χ3v) is 9.35. The molecule has 1 aromatic carbocycles. The van der Waals surface area contributed by atoms with Gasteiger partial charge in [-0.05, 0) is 29.8 Å². The van der Waals surface area contributed by atoms with Crippen molar-refractivity contribution in [2.24, 2.45) is 0 Å². The van der Waals surface area contributed by atoms with Crippen LogP contribution in [-0.4, -0.2) is 39.9 Å². The molecule has 1 N–H and O–H groups in total. The largest absolute Gasteiger partial charge is 0.478 e. The molecular formula is C23H18ClN3O4S2. The van der Waals surface area contributed by atoms with E-state index in [1.165, 1.54) is 4.31 Å². The van der Waals surface area contributed by atoms with E-state index in [9.17, 15) is 18.3 Å². The van der Waals surface area contributed by atoms with Crippen LogP contribution in [0.5, 0.6) is 0 Å². The van der Waals surface area contributed by atoms with Crippen LogP contribution in [0.3, 0.4) is 0 Å². The number of aromatic carboxylic acids is 1. The Balaban J connectivity index is 1.53. The normalized spacial score (nSPS) is 14.2. The predicted molar refractivity (Wildman–Crippen MR) is 127 cm³/mol. The maximum absolute atomic E-state index is 13.4. The summed E-state index contributed by atoms with van der Waals surface area (Å²) in [5.74, 6) is -1.18. The second-order valence-electron chi connectivity index (χ2n) is 7.48. The summed E-state index contributed by atoms with van der Waals surface area (Å²) in [6.45, 7) is 0.424. The molecule has 0 spiro atoms. The fourth-order valence-corrected chi connectivity index (χ4v) is 7.27. The van der Waals surface area contributed by atoms with Gasteiger partial charge in [-0.25, -0.2) is 13.2 Å². The Kier molecular flexibility index (Phi) is 5.57. The van der Waals surface area contributed by atoms with Crippen LogP contribution in [0, 0.1) is 0 Å². The predicted octanol–water partition coefficient (Wildman–Crippen LogP) is 4.83. The van der Waals surface area contributed by atoms with Crippen molar-refractivity contribution in [2.75, 3.05) is 6.54 Å². The van der Waals surface area contributed by atoms with E-state index in [0.29, 0.717) is 23.6 Å². The number of rotatable bonds is 5. The van der Waals surface area contributed by atoms with E-state index < -0.39 is 16.0 Å². The van der Waals surface area contributed by atoms with Gasteiger partial charge in [-0.1, -0.05) is 48.0 Å². The molecule has 0 saturated carbocycles. The maximum atomic E-state index is 13.4. The van der Waals surface area contributed by atoms with Gasteiger partial charge >= 0.3 is 5.97 Å². The van der Waals surface area contributed by atoms with Gasteiger partial charge in [-0.3, -0.25) is 4.98 Å². The molecule has 168 valence electrons. The molecule has 33 heavy (non-hydrogen) atoms. The number of halogens is 1. The first kappa shape index (κ1) is 21.8. The summed E-state index contributed by atoms with van der Waals surface area (Å²) in [5, 5.41) is 9.97. The quantitative estimate of drug-likeness (QED) is 0.424. The Morgan fingerprint density at radius 3 is 2.48 bits per heavy atom. The number of pyridine rings is 1. The Labute approximate surface area is 199 Å². The molecule has 4 aromatic rings. The number of sulfonamides is 1. The van der Waals surface area contributed by atoms with Gasteiger partial charge < -0.3 is 9.67 Å². The van der Waals surface area contributed by atoms with E-state index in [1.54, 1.807) is 24.4 Å². The van der Waals surface area contributed by atoms with Crippen LogP contribution in [0.25, 0.3) is 21.8 Å². The van der Waals surface area contributed by atoms with Gasteiger partial charge in [0.25, 0.3) is 10.0 Å². The monoisotopic (exact) mass is 499 g/mol. The Bertz CT molecular complexity index is 1450. The molecule has 0 unspecified atom stereocenters. The number of carboxylic acids is 1. The summed E-state index contributed by atoms with van der Waals surface area (Å²) in [6.07, 6.45) is 1.66. The number of fused-ring (bicyclic) bond motifs is 1. The van der Waals surface area contributed by atoms with Crippen LogP contribution < -0.4 is 0 Å². The van der Waals surface area contributed by atoms with Gasteiger partial charge in [0.05, 0.1) is 27.8 Å². The highest BCUT2D eigenvalue weighted by atomic mass is 35.5. The summed E-state index contributed by atoms with van der Waals surface area (Å²) in [5.41, 5.74) is 2.39. The minimum Gasteiger partial charge on any atom is -0.478 e. The lowest BCUT2D eigenvalue weighted by molar-refractivity contribution is 0.0694. The van der Waals surface area contributed by atoms with Crippen molar-refractivity contribution >= 4 is 38.9 Å². The molecule has 4 heterocycles. The fraction of sp³-hybridized carbons (Fsp3) is 0.130. The van der Waals surface area contributed by atoms with Gasteiger partial charge in [0, 0.05) is 25.0 Å². The number of benzene rings is 1. The van der Waals surface area contributed by atoms with Crippen LogP contribution in [0.4, 0.5) is 0 Å². The zero-order valence-corrected chi connectivity index (χ0v) is 19.6. The zero-order valence-electron chi connectivity index (χ0n) is 17.2. The van der Waals surface area contributed by atoms with Crippen LogP contribution in [0.1, 0.15) is 16.1 Å². The Hall–Kier alpha value is -2.98. The van der Waals surface area contributed by atoms with Crippen LogP contribution in [0.2, 0.25) is 5.02 Å². The van der Waals surface area contributed by atoms with E-state index in [2.05, 4.69) is 4.98 Å². The topological polar surface area (TPSA) is 92.5 Å². The first-order chi connectivity index (χ1) is 15.9. The molecule has 0 bridgehead atoms. The molecule has 0 amide bonds. The summed E-state index contributed by atoms with van der Waals surface area (Å²) in [6, 6.07) is 18.0. The molecule has 0 radical (unpaired) electrons. The molecule has 10 heteroatoms. The average Bonchev–Trinajstić information content (AvgIpc) is 3.43. The number of nitrogens with zero attached hydrogens (tertiary/aromatic N) is 3. The minimum atomic E-state index is -3.83. The molecular weight excluding hydrogens is 482 g/mol. The lowest BCUT2D eigenvalue weighted by Gasteiger charge is -2.28. The standard InChI is InChI=1S/C23H18ClN3O4S2/c24-21-20(23(28)29)17-14-26(12-13-27(17)22(21)15-6-2-1-3-7-15)33(30,31)19-10-9-18(32-19)16-8-4-5-11-25-16/h1-11H,12-14H2,(H,28,29). The van der Waals surface area contributed by atoms with E-state index in [4.69, 9.17) is 11.6 Å². The minimum absolute atomic E-state index is 0.0595. The number of hydrogen-bond acceptors (Lipinski definition) is 5. The first-order valence-electron chi connectivity index (χ1n) is 10.1. The van der Waals surface area contributed by atoms with Crippen molar-refractivity contribution in [3.63, 3.8) is 0 Å². The third kappa shape index (κ3) is 3.76. The van der Waals surface area contributed by atoms with Crippen molar-refractivity contribution in [1.29, 1.82) is 0 Å². The van der Waals surface area contributed by atoms with Crippen molar-refractivity contribution in [3.05, 3.63) is 83.1 Å². The van der Waals surface area contributed by atoms with Gasteiger partial charge in [0.1, 0.15) is 9.77 Å². The second-order valence-corrected chi connectivity index (χ2v) is 11.1. The molecule has 0 fully saturated rings. The molecule has 7 nitrogen and oxygen atoms in total. The smallest absolute Gasteiger partial charge is 0.339 e. The number of carbonyl (C=O) groups is 1. The van der Waals surface area contributed by atoms with Crippen molar-refractivity contribution in [1.82, 2.24) is 13.9 Å². The number of thiophene rings is 1. The lowest BCUT2D eigenvalue weighted by Crippen LogP contribution is -2.38. The summed E-state index contributed by atoms with van der Waals surface area (Å²) in [7, 11) is -3.83. The first-order valence-corrected chi connectivity index (χ1v) is 12.7. The molecule has 5 rings (SSSR count).